The average Bonchev–Trinajstić information content (AvgIpc) is 2.45. The van der Waals surface area contributed by atoms with E-state index in [1.54, 1.807) is 18.5 Å². The van der Waals surface area contributed by atoms with Gasteiger partial charge in [-0.15, -0.1) is 0 Å². The van der Waals surface area contributed by atoms with Gasteiger partial charge in [0.1, 0.15) is 5.82 Å². The van der Waals surface area contributed by atoms with Crippen molar-refractivity contribution in [2.45, 2.75) is 6.54 Å². The van der Waals surface area contributed by atoms with Gasteiger partial charge in [-0.25, -0.2) is 4.39 Å². The highest BCUT2D eigenvalue weighted by Gasteiger charge is 2.07. The van der Waals surface area contributed by atoms with Gasteiger partial charge in [-0.1, -0.05) is 6.07 Å². The number of nitrogens with one attached hydrogen (secondary N) is 2. The van der Waals surface area contributed by atoms with Crippen LogP contribution >= 0.6 is 0 Å². The molecule has 1 aromatic carbocycles. The zero-order chi connectivity index (χ0) is 13.7. The maximum atomic E-state index is 13.4. The Labute approximate surface area is 110 Å². The highest BCUT2D eigenvalue weighted by atomic mass is 19.1. The van der Waals surface area contributed by atoms with Crippen molar-refractivity contribution >= 4 is 11.6 Å². The van der Waals surface area contributed by atoms with Gasteiger partial charge >= 0.3 is 0 Å². The molecule has 0 bridgehead atoms. The smallest absolute Gasteiger partial charge is 0.251 e. The molecule has 0 spiro atoms. The fourth-order valence-corrected chi connectivity index (χ4v) is 1.67. The number of nitrogens with zero attached hydrogens (tertiary/aromatic N) is 1. The molecule has 4 nitrogen and oxygen atoms in total. The van der Waals surface area contributed by atoms with Crippen molar-refractivity contribution in [1.82, 2.24) is 10.3 Å². The third kappa shape index (κ3) is 3.51. The summed E-state index contributed by atoms with van der Waals surface area (Å²) >= 11 is 0. The number of hydrogen-bond donors (Lipinski definition) is 2. The predicted octanol–water partition coefficient (Wildman–Crippen LogP) is 2.19. The van der Waals surface area contributed by atoms with Gasteiger partial charge in [0.2, 0.25) is 0 Å². The van der Waals surface area contributed by atoms with Crippen molar-refractivity contribution < 1.29 is 9.18 Å². The summed E-state index contributed by atoms with van der Waals surface area (Å²) in [5, 5.41) is 5.53. The van der Waals surface area contributed by atoms with Crippen LogP contribution in [0.3, 0.4) is 0 Å². The normalized spacial score (nSPS) is 10.0. The number of pyridine rings is 1. The molecular formula is C14H14FN3O. The number of hydrogen-bond acceptors (Lipinski definition) is 3. The molecule has 19 heavy (non-hydrogen) atoms. The van der Waals surface area contributed by atoms with Crippen molar-refractivity contribution in [2.24, 2.45) is 0 Å². The Bertz CT molecular complexity index is 572. The van der Waals surface area contributed by atoms with Crippen LogP contribution in [0.2, 0.25) is 0 Å². The van der Waals surface area contributed by atoms with Crippen molar-refractivity contribution in [1.29, 1.82) is 0 Å². The Morgan fingerprint density at radius 2 is 2.21 bits per heavy atom. The van der Waals surface area contributed by atoms with Gasteiger partial charge in [-0.2, -0.15) is 0 Å². The van der Waals surface area contributed by atoms with Crippen molar-refractivity contribution in [2.75, 3.05) is 12.4 Å². The van der Waals surface area contributed by atoms with E-state index < -0.39 is 5.82 Å². The molecule has 0 aliphatic carbocycles. The second-order valence-electron chi connectivity index (χ2n) is 4.02. The molecule has 0 unspecified atom stereocenters. The van der Waals surface area contributed by atoms with Gasteiger partial charge < -0.3 is 10.6 Å². The quantitative estimate of drug-likeness (QED) is 0.885. The summed E-state index contributed by atoms with van der Waals surface area (Å²) in [6.07, 6.45) is 3.42. The molecule has 2 N–H and O–H groups in total. The van der Waals surface area contributed by atoms with E-state index in [2.05, 4.69) is 15.6 Å². The second kappa shape index (κ2) is 5.95. The molecule has 5 heteroatoms. The fraction of sp³-hybridized carbons (Fsp3) is 0.143. The van der Waals surface area contributed by atoms with Crippen LogP contribution in [0.25, 0.3) is 0 Å². The Balaban J connectivity index is 2.12. The summed E-state index contributed by atoms with van der Waals surface area (Å²) in [4.78, 5) is 15.5. The number of halogens is 1. The Hall–Kier alpha value is -2.43. The SMILES string of the molecule is CNC(=O)c1cc(F)cc(NCc2cccnc2)c1. The predicted molar refractivity (Wildman–Crippen MR) is 71.4 cm³/mol. The van der Waals surface area contributed by atoms with E-state index in [9.17, 15) is 9.18 Å². The van der Waals surface area contributed by atoms with Gasteiger partial charge in [0.25, 0.3) is 5.91 Å². The number of aromatic nitrogens is 1. The van der Waals surface area contributed by atoms with Crippen LogP contribution in [0, 0.1) is 5.82 Å². The van der Waals surface area contributed by atoms with E-state index in [0.717, 1.165) is 5.56 Å². The van der Waals surface area contributed by atoms with Crippen LogP contribution in [-0.2, 0) is 6.54 Å². The molecule has 1 aromatic heterocycles. The summed E-state index contributed by atoms with van der Waals surface area (Å²) in [5.41, 5.74) is 1.83. The van der Waals surface area contributed by atoms with Crippen LogP contribution < -0.4 is 10.6 Å². The Morgan fingerprint density at radius 3 is 2.89 bits per heavy atom. The van der Waals surface area contributed by atoms with Crippen LogP contribution in [0.4, 0.5) is 10.1 Å². The third-order valence-electron chi connectivity index (χ3n) is 2.61. The lowest BCUT2D eigenvalue weighted by Gasteiger charge is -2.08. The molecule has 2 rings (SSSR count). The van der Waals surface area contributed by atoms with Crippen LogP contribution in [0.15, 0.2) is 42.7 Å². The molecule has 0 radical (unpaired) electrons. The number of benzene rings is 1. The lowest BCUT2D eigenvalue weighted by molar-refractivity contribution is 0.0962. The monoisotopic (exact) mass is 259 g/mol. The summed E-state index contributed by atoms with van der Waals surface area (Å²) in [6.45, 7) is 0.518. The molecule has 2 aromatic rings. The van der Waals surface area contributed by atoms with Crippen molar-refractivity contribution in [3.63, 3.8) is 0 Å². The number of anilines is 1. The minimum atomic E-state index is -0.449. The Kier molecular flexibility index (Phi) is 4.07. The summed E-state index contributed by atoms with van der Waals surface area (Å²) < 4.78 is 13.4. The lowest BCUT2D eigenvalue weighted by Crippen LogP contribution is -2.18. The molecule has 0 fully saturated rings. The van der Waals surface area contributed by atoms with E-state index in [1.165, 1.54) is 19.2 Å². The first-order valence-electron chi connectivity index (χ1n) is 5.84. The first-order chi connectivity index (χ1) is 9.19. The van der Waals surface area contributed by atoms with E-state index >= 15 is 0 Å². The molecule has 1 heterocycles. The topological polar surface area (TPSA) is 54.0 Å². The Morgan fingerprint density at radius 1 is 1.37 bits per heavy atom. The largest absolute Gasteiger partial charge is 0.381 e. The highest BCUT2D eigenvalue weighted by Crippen LogP contribution is 2.15. The molecule has 0 atom stereocenters. The van der Waals surface area contributed by atoms with E-state index in [0.29, 0.717) is 12.2 Å². The number of rotatable bonds is 4. The molecule has 0 saturated heterocycles. The minimum absolute atomic E-state index is 0.288. The summed E-state index contributed by atoms with van der Waals surface area (Å²) in [7, 11) is 1.51. The molecule has 1 amide bonds. The van der Waals surface area contributed by atoms with Crippen molar-refractivity contribution in [3.8, 4) is 0 Å². The maximum Gasteiger partial charge on any atom is 0.251 e. The fourth-order valence-electron chi connectivity index (χ4n) is 1.67. The van der Waals surface area contributed by atoms with E-state index in [-0.39, 0.29) is 11.5 Å². The molecule has 0 aliphatic heterocycles. The molecular weight excluding hydrogens is 245 g/mol. The van der Waals surface area contributed by atoms with Crippen molar-refractivity contribution in [3.05, 3.63) is 59.7 Å². The van der Waals surface area contributed by atoms with Gasteiger partial charge in [0.15, 0.2) is 0 Å². The van der Waals surface area contributed by atoms with Gasteiger partial charge in [0, 0.05) is 37.2 Å². The molecule has 0 aliphatic rings. The summed E-state index contributed by atoms with van der Waals surface area (Å²) in [5.74, 6) is -0.765. The third-order valence-corrected chi connectivity index (χ3v) is 2.61. The number of carbonyl (C=O) groups is 1. The zero-order valence-corrected chi connectivity index (χ0v) is 10.5. The first kappa shape index (κ1) is 13.0. The standard InChI is InChI=1S/C14H14FN3O/c1-16-14(19)11-5-12(15)7-13(6-11)18-9-10-3-2-4-17-8-10/h2-8,18H,9H2,1H3,(H,16,19). The number of carbonyl (C=O) groups excluding carboxylic acids is 1. The maximum absolute atomic E-state index is 13.4. The molecule has 98 valence electrons. The average molecular weight is 259 g/mol. The van der Waals surface area contributed by atoms with Crippen LogP contribution in [-0.4, -0.2) is 17.9 Å². The van der Waals surface area contributed by atoms with E-state index in [4.69, 9.17) is 0 Å². The van der Waals surface area contributed by atoms with Gasteiger partial charge in [0.05, 0.1) is 0 Å². The highest BCUT2D eigenvalue weighted by molar-refractivity contribution is 5.94. The summed E-state index contributed by atoms with van der Waals surface area (Å²) in [6, 6.07) is 7.91. The second-order valence-corrected chi connectivity index (χ2v) is 4.02. The van der Waals surface area contributed by atoms with Gasteiger partial charge in [-0.3, -0.25) is 9.78 Å². The minimum Gasteiger partial charge on any atom is -0.381 e. The van der Waals surface area contributed by atoms with Crippen LogP contribution in [0.1, 0.15) is 15.9 Å². The lowest BCUT2D eigenvalue weighted by atomic mass is 10.1. The zero-order valence-electron chi connectivity index (χ0n) is 10.5. The van der Waals surface area contributed by atoms with Crippen LogP contribution in [0.5, 0.6) is 0 Å². The molecule has 0 saturated carbocycles. The number of amides is 1. The van der Waals surface area contributed by atoms with Gasteiger partial charge in [-0.05, 0) is 29.8 Å². The first-order valence-corrected chi connectivity index (χ1v) is 5.84. The van der Waals surface area contributed by atoms with E-state index in [1.807, 2.05) is 12.1 Å².